The van der Waals surface area contributed by atoms with Crippen LogP contribution in [0, 0.1) is 17.0 Å². The topological polar surface area (TPSA) is 64.7 Å². The first-order valence-corrected chi connectivity index (χ1v) is 6.10. The van der Waals surface area contributed by atoms with Crippen molar-refractivity contribution in [2.75, 3.05) is 0 Å². The highest BCUT2D eigenvalue weighted by atomic mass is 16.6. The van der Waals surface area contributed by atoms with Crippen molar-refractivity contribution in [1.29, 1.82) is 0 Å². The van der Waals surface area contributed by atoms with Gasteiger partial charge in [0.25, 0.3) is 5.69 Å². The zero-order valence-electron chi connectivity index (χ0n) is 11.0. The van der Waals surface area contributed by atoms with E-state index in [9.17, 15) is 10.1 Å². The van der Waals surface area contributed by atoms with Gasteiger partial charge in [0, 0.05) is 12.1 Å². The molecule has 0 amide bonds. The zero-order valence-corrected chi connectivity index (χ0v) is 11.0. The summed E-state index contributed by atoms with van der Waals surface area (Å²) < 4.78 is 0. The molecule has 0 saturated heterocycles. The van der Waals surface area contributed by atoms with Crippen LogP contribution in [0.4, 0.5) is 5.69 Å². The Morgan fingerprint density at radius 1 is 1.25 bits per heavy atom. The van der Waals surface area contributed by atoms with Gasteiger partial charge >= 0.3 is 0 Å². The van der Waals surface area contributed by atoms with Gasteiger partial charge in [-0.3, -0.25) is 10.1 Å². The van der Waals surface area contributed by atoms with Gasteiger partial charge in [-0.25, -0.2) is 0 Å². The predicted molar refractivity (Wildman–Crippen MR) is 76.7 cm³/mol. The third-order valence-electron chi connectivity index (χ3n) is 2.67. The van der Waals surface area contributed by atoms with Crippen LogP contribution in [0.3, 0.4) is 0 Å². The summed E-state index contributed by atoms with van der Waals surface area (Å²) in [7, 11) is 0. The number of nitro benzene ring substituents is 1. The van der Waals surface area contributed by atoms with E-state index in [0.29, 0.717) is 5.56 Å². The highest BCUT2D eigenvalue weighted by molar-refractivity contribution is 5.79. The number of nitrogens with zero attached hydrogens (tertiary/aromatic N) is 2. The summed E-state index contributed by atoms with van der Waals surface area (Å²) >= 11 is 0. The largest absolute Gasteiger partial charge is 0.391 e. The molecule has 0 N–H and O–H groups in total. The number of benzene rings is 2. The van der Waals surface area contributed by atoms with Crippen LogP contribution in [0.5, 0.6) is 0 Å². The number of rotatable bonds is 5. The van der Waals surface area contributed by atoms with E-state index < -0.39 is 4.92 Å². The molecule has 2 rings (SSSR count). The molecule has 0 fully saturated rings. The maximum absolute atomic E-state index is 10.6. The van der Waals surface area contributed by atoms with Gasteiger partial charge < -0.3 is 4.84 Å². The molecule has 5 heteroatoms. The van der Waals surface area contributed by atoms with Crippen molar-refractivity contribution in [2.24, 2.45) is 5.16 Å². The van der Waals surface area contributed by atoms with Crippen LogP contribution in [0.2, 0.25) is 0 Å². The van der Waals surface area contributed by atoms with Gasteiger partial charge in [0.15, 0.2) is 0 Å². The SMILES string of the molecule is Cc1cccc(/C=N\OCc2cccc([N+](=O)[O-])c2)c1. The maximum Gasteiger partial charge on any atom is 0.269 e. The van der Waals surface area contributed by atoms with Crippen LogP contribution >= 0.6 is 0 Å². The minimum absolute atomic E-state index is 0.0498. The van der Waals surface area contributed by atoms with E-state index in [2.05, 4.69) is 5.16 Å². The summed E-state index contributed by atoms with van der Waals surface area (Å²) in [5.41, 5.74) is 2.85. The van der Waals surface area contributed by atoms with E-state index in [-0.39, 0.29) is 12.3 Å². The molecule has 0 aliphatic rings. The molecule has 102 valence electrons. The fourth-order valence-electron chi connectivity index (χ4n) is 1.72. The van der Waals surface area contributed by atoms with Crippen molar-refractivity contribution in [3.8, 4) is 0 Å². The first-order valence-electron chi connectivity index (χ1n) is 6.10. The van der Waals surface area contributed by atoms with E-state index in [1.54, 1.807) is 18.3 Å². The quantitative estimate of drug-likeness (QED) is 0.475. The molecule has 2 aromatic carbocycles. The smallest absolute Gasteiger partial charge is 0.269 e. The zero-order chi connectivity index (χ0) is 14.4. The van der Waals surface area contributed by atoms with Gasteiger partial charge in [-0.15, -0.1) is 0 Å². The summed E-state index contributed by atoms with van der Waals surface area (Å²) in [6.07, 6.45) is 1.62. The average Bonchev–Trinajstić information content (AvgIpc) is 2.44. The van der Waals surface area contributed by atoms with Crippen LogP contribution in [0.15, 0.2) is 53.7 Å². The Labute approximate surface area is 116 Å². The van der Waals surface area contributed by atoms with Gasteiger partial charge in [0.1, 0.15) is 6.61 Å². The Kier molecular flexibility index (Phi) is 4.44. The van der Waals surface area contributed by atoms with Crippen LogP contribution < -0.4 is 0 Å². The molecule has 0 saturated carbocycles. The lowest BCUT2D eigenvalue weighted by Gasteiger charge is -2.00. The van der Waals surface area contributed by atoms with E-state index in [1.807, 2.05) is 31.2 Å². The van der Waals surface area contributed by atoms with Crippen molar-refractivity contribution in [2.45, 2.75) is 13.5 Å². The lowest BCUT2D eigenvalue weighted by atomic mass is 10.2. The monoisotopic (exact) mass is 270 g/mol. The fourth-order valence-corrected chi connectivity index (χ4v) is 1.72. The molecule has 0 spiro atoms. The Morgan fingerprint density at radius 3 is 2.80 bits per heavy atom. The third-order valence-corrected chi connectivity index (χ3v) is 2.67. The van der Waals surface area contributed by atoms with Gasteiger partial charge in [0.05, 0.1) is 11.1 Å². The molecule has 0 heterocycles. The number of oxime groups is 1. The van der Waals surface area contributed by atoms with Gasteiger partial charge in [-0.1, -0.05) is 47.1 Å². The number of hydrogen-bond donors (Lipinski definition) is 0. The van der Waals surface area contributed by atoms with Crippen molar-refractivity contribution < 1.29 is 9.76 Å². The molecule has 0 unspecified atom stereocenters. The van der Waals surface area contributed by atoms with E-state index in [0.717, 1.165) is 11.1 Å². The fraction of sp³-hybridized carbons (Fsp3) is 0.133. The Bertz CT molecular complexity index is 639. The molecule has 0 atom stereocenters. The molecule has 0 aromatic heterocycles. The second-order valence-corrected chi connectivity index (χ2v) is 4.35. The van der Waals surface area contributed by atoms with Gasteiger partial charge in [0.2, 0.25) is 0 Å². The third kappa shape index (κ3) is 3.91. The highest BCUT2D eigenvalue weighted by Crippen LogP contribution is 2.13. The minimum atomic E-state index is -0.431. The minimum Gasteiger partial charge on any atom is -0.391 e. The molecular formula is C15H14N2O3. The van der Waals surface area contributed by atoms with Crippen LogP contribution in [-0.4, -0.2) is 11.1 Å². The number of aryl methyl sites for hydroxylation is 1. The molecule has 20 heavy (non-hydrogen) atoms. The average molecular weight is 270 g/mol. The normalized spacial score (nSPS) is 10.7. The van der Waals surface area contributed by atoms with E-state index >= 15 is 0 Å². The number of non-ortho nitro benzene ring substituents is 1. The van der Waals surface area contributed by atoms with Crippen molar-refractivity contribution in [1.82, 2.24) is 0 Å². The van der Waals surface area contributed by atoms with E-state index in [4.69, 9.17) is 4.84 Å². The van der Waals surface area contributed by atoms with E-state index in [1.165, 1.54) is 12.1 Å². The lowest BCUT2D eigenvalue weighted by molar-refractivity contribution is -0.384. The van der Waals surface area contributed by atoms with Crippen LogP contribution in [0.1, 0.15) is 16.7 Å². The second-order valence-electron chi connectivity index (χ2n) is 4.35. The molecule has 2 aromatic rings. The lowest BCUT2D eigenvalue weighted by Crippen LogP contribution is -1.92. The number of hydrogen-bond acceptors (Lipinski definition) is 4. The first-order chi connectivity index (χ1) is 9.65. The van der Waals surface area contributed by atoms with Gasteiger partial charge in [-0.05, 0) is 18.1 Å². The highest BCUT2D eigenvalue weighted by Gasteiger charge is 2.05. The van der Waals surface area contributed by atoms with Gasteiger partial charge in [-0.2, -0.15) is 0 Å². The summed E-state index contributed by atoms with van der Waals surface area (Å²) in [6.45, 7) is 2.20. The summed E-state index contributed by atoms with van der Waals surface area (Å²) in [5.74, 6) is 0. The Balaban J connectivity index is 1.93. The van der Waals surface area contributed by atoms with Crippen molar-refractivity contribution in [3.63, 3.8) is 0 Å². The molecule has 0 aliphatic heterocycles. The molecular weight excluding hydrogens is 256 g/mol. The summed E-state index contributed by atoms with van der Waals surface area (Å²) in [4.78, 5) is 15.3. The van der Waals surface area contributed by atoms with Crippen molar-refractivity contribution in [3.05, 3.63) is 75.3 Å². The maximum atomic E-state index is 10.6. The Hall–Kier alpha value is -2.69. The number of nitro groups is 1. The predicted octanol–water partition coefficient (Wildman–Crippen LogP) is 3.45. The van der Waals surface area contributed by atoms with Crippen LogP contribution in [0.25, 0.3) is 0 Å². The molecule has 5 nitrogen and oxygen atoms in total. The molecule has 0 radical (unpaired) electrons. The standard InChI is InChI=1S/C15H14N2O3/c1-12-4-2-5-13(8-12)10-16-20-11-14-6-3-7-15(9-14)17(18)19/h2-10H,11H2,1H3/b16-10-. The molecule has 0 aliphatic carbocycles. The van der Waals surface area contributed by atoms with Crippen molar-refractivity contribution >= 4 is 11.9 Å². The Morgan fingerprint density at radius 2 is 2.05 bits per heavy atom. The second kappa shape index (κ2) is 6.47. The summed E-state index contributed by atoms with van der Waals surface area (Å²) in [5, 5.41) is 14.5. The first kappa shape index (κ1) is 13.7. The summed E-state index contributed by atoms with van der Waals surface area (Å²) in [6, 6.07) is 14.2. The van der Waals surface area contributed by atoms with Crippen LogP contribution in [-0.2, 0) is 11.4 Å². The molecule has 0 bridgehead atoms.